The Morgan fingerprint density at radius 1 is 0.926 bits per heavy atom. The number of nitrogens with one attached hydrogen (secondary N) is 1. The summed E-state index contributed by atoms with van der Waals surface area (Å²) >= 11 is 0. The molecular weight excluding hydrogens is 360 g/mol. The summed E-state index contributed by atoms with van der Waals surface area (Å²) in [6.07, 6.45) is 0. The van der Waals surface area contributed by atoms with Gasteiger partial charge in [-0.3, -0.25) is 0 Å². The zero-order valence-electron chi connectivity index (χ0n) is 14.7. The summed E-state index contributed by atoms with van der Waals surface area (Å²) in [5.41, 5.74) is 3.50. The normalized spacial score (nSPS) is 14.6. The minimum atomic E-state index is -3.71. The molecule has 1 aliphatic heterocycles. The van der Waals surface area contributed by atoms with E-state index in [0.29, 0.717) is 29.4 Å². The van der Waals surface area contributed by atoms with Crippen LogP contribution in [0.25, 0.3) is 0 Å². The molecule has 0 aliphatic carbocycles. The molecule has 0 radical (unpaired) electrons. The van der Waals surface area contributed by atoms with Crippen LogP contribution in [-0.2, 0) is 16.6 Å². The summed E-state index contributed by atoms with van der Waals surface area (Å²) in [7, 11) is -3.71. The fraction of sp³-hybridized carbons (Fsp3) is 0.0952. The van der Waals surface area contributed by atoms with Crippen molar-refractivity contribution in [3.05, 3.63) is 89.5 Å². The monoisotopic (exact) mass is 378 g/mol. The molecule has 1 heterocycles. The molecule has 1 N–H and O–H groups in total. The van der Waals surface area contributed by atoms with Gasteiger partial charge in [-0.1, -0.05) is 42.0 Å². The molecule has 3 aromatic carbocycles. The smallest absolute Gasteiger partial charge is 0.286 e. The van der Waals surface area contributed by atoms with Gasteiger partial charge in [-0.15, -0.1) is 4.40 Å². The molecule has 0 aromatic heterocycles. The Balaban J connectivity index is 1.51. The standard InChI is InChI=1S/C21H18N2O3S/c1-15-6-8-16(9-7-15)14-26-18-12-10-17(11-13-18)21-22-19-4-2-3-5-20(19)27(24,25)23-21/h2-13H,14H2,1H3,(H,22,23). The number of rotatable bonds is 4. The number of sulfonamides is 1. The third-order valence-corrected chi connectivity index (χ3v) is 5.62. The van der Waals surface area contributed by atoms with Crippen molar-refractivity contribution in [1.29, 1.82) is 0 Å². The first kappa shape index (κ1) is 17.3. The number of amidine groups is 1. The van der Waals surface area contributed by atoms with Crippen molar-refractivity contribution >= 4 is 21.5 Å². The highest BCUT2D eigenvalue weighted by molar-refractivity contribution is 7.90. The molecule has 0 unspecified atom stereocenters. The molecule has 136 valence electrons. The molecule has 6 heteroatoms. The number of aryl methyl sites for hydroxylation is 1. The number of fused-ring (bicyclic) bond motifs is 1. The van der Waals surface area contributed by atoms with E-state index in [4.69, 9.17) is 4.74 Å². The summed E-state index contributed by atoms with van der Waals surface area (Å²) in [5.74, 6) is 1.01. The minimum absolute atomic E-state index is 0.187. The molecule has 3 aromatic rings. The molecule has 0 bridgehead atoms. The van der Waals surface area contributed by atoms with Crippen molar-refractivity contribution in [2.75, 3.05) is 5.32 Å². The van der Waals surface area contributed by atoms with Gasteiger partial charge in [-0.05, 0) is 48.9 Å². The first-order valence-corrected chi connectivity index (χ1v) is 9.95. The number of hydrogen-bond acceptors (Lipinski definition) is 4. The SMILES string of the molecule is Cc1ccc(COc2ccc(C3=NS(=O)(=O)c4ccccc4N3)cc2)cc1. The third-order valence-electron chi connectivity index (χ3n) is 4.28. The van der Waals surface area contributed by atoms with E-state index in [2.05, 4.69) is 9.71 Å². The average molecular weight is 378 g/mol. The lowest BCUT2D eigenvalue weighted by atomic mass is 10.1. The lowest BCUT2D eigenvalue weighted by Crippen LogP contribution is -2.22. The van der Waals surface area contributed by atoms with Crippen molar-refractivity contribution in [3.63, 3.8) is 0 Å². The van der Waals surface area contributed by atoms with E-state index in [1.807, 2.05) is 31.2 Å². The Morgan fingerprint density at radius 2 is 1.63 bits per heavy atom. The highest BCUT2D eigenvalue weighted by atomic mass is 32.2. The second-order valence-corrected chi connectivity index (χ2v) is 7.91. The molecule has 0 atom stereocenters. The predicted molar refractivity (Wildman–Crippen MR) is 106 cm³/mol. The van der Waals surface area contributed by atoms with Gasteiger partial charge in [0.15, 0.2) is 5.84 Å². The van der Waals surface area contributed by atoms with Crippen LogP contribution < -0.4 is 10.1 Å². The van der Waals surface area contributed by atoms with E-state index >= 15 is 0 Å². The van der Waals surface area contributed by atoms with Crippen molar-refractivity contribution < 1.29 is 13.2 Å². The van der Waals surface area contributed by atoms with E-state index in [9.17, 15) is 8.42 Å². The van der Waals surface area contributed by atoms with E-state index < -0.39 is 10.0 Å². The number of hydrogen-bond donors (Lipinski definition) is 1. The minimum Gasteiger partial charge on any atom is -0.489 e. The summed E-state index contributed by atoms with van der Waals surface area (Å²) in [6.45, 7) is 2.52. The van der Waals surface area contributed by atoms with Crippen LogP contribution in [0.4, 0.5) is 5.69 Å². The second-order valence-electron chi connectivity index (χ2n) is 6.33. The van der Waals surface area contributed by atoms with Crippen molar-refractivity contribution in [3.8, 4) is 5.75 Å². The molecular formula is C21H18N2O3S. The molecule has 0 saturated heterocycles. The zero-order valence-corrected chi connectivity index (χ0v) is 15.5. The number of benzene rings is 3. The van der Waals surface area contributed by atoms with Crippen LogP contribution in [-0.4, -0.2) is 14.3 Å². The van der Waals surface area contributed by atoms with Crippen LogP contribution in [0.15, 0.2) is 82.1 Å². The van der Waals surface area contributed by atoms with Crippen LogP contribution in [0, 0.1) is 6.92 Å². The average Bonchev–Trinajstić information content (AvgIpc) is 2.67. The molecule has 0 amide bonds. The van der Waals surface area contributed by atoms with Crippen LogP contribution in [0.3, 0.4) is 0 Å². The molecule has 1 aliphatic rings. The van der Waals surface area contributed by atoms with Gasteiger partial charge in [0.05, 0.1) is 5.69 Å². The third kappa shape index (κ3) is 3.71. The number of para-hydroxylation sites is 1. The van der Waals surface area contributed by atoms with Gasteiger partial charge in [0.1, 0.15) is 17.3 Å². The first-order chi connectivity index (χ1) is 13.0. The topological polar surface area (TPSA) is 67.8 Å². The Morgan fingerprint density at radius 3 is 2.37 bits per heavy atom. The zero-order chi connectivity index (χ0) is 18.9. The maximum absolute atomic E-state index is 12.4. The van der Waals surface area contributed by atoms with Crippen LogP contribution in [0.1, 0.15) is 16.7 Å². The highest BCUT2D eigenvalue weighted by Crippen LogP contribution is 2.28. The summed E-state index contributed by atoms with van der Waals surface area (Å²) < 4.78 is 34.4. The van der Waals surface area contributed by atoms with Gasteiger partial charge >= 0.3 is 0 Å². The molecule has 5 nitrogen and oxygen atoms in total. The lowest BCUT2D eigenvalue weighted by Gasteiger charge is -2.18. The van der Waals surface area contributed by atoms with E-state index in [-0.39, 0.29) is 4.90 Å². The van der Waals surface area contributed by atoms with Crippen molar-refractivity contribution in [2.24, 2.45) is 4.40 Å². The number of anilines is 1. The first-order valence-electron chi connectivity index (χ1n) is 8.51. The number of nitrogens with zero attached hydrogens (tertiary/aromatic N) is 1. The van der Waals surface area contributed by atoms with Crippen LogP contribution in [0.2, 0.25) is 0 Å². The van der Waals surface area contributed by atoms with Gasteiger partial charge in [0.25, 0.3) is 10.0 Å². The quantitative estimate of drug-likeness (QED) is 0.741. The Hall–Kier alpha value is -3.12. The maximum atomic E-state index is 12.4. The summed E-state index contributed by atoms with van der Waals surface area (Å²) in [5, 5.41) is 3.08. The predicted octanol–water partition coefficient (Wildman–Crippen LogP) is 4.14. The van der Waals surface area contributed by atoms with Gasteiger partial charge in [0, 0.05) is 5.56 Å². The second kappa shape index (κ2) is 6.89. The molecule has 27 heavy (non-hydrogen) atoms. The Labute approximate surface area is 158 Å². The number of ether oxygens (including phenoxy) is 1. The Bertz CT molecular complexity index is 1100. The van der Waals surface area contributed by atoms with E-state index in [0.717, 1.165) is 5.56 Å². The van der Waals surface area contributed by atoms with Gasteiger partial charge < -0.3 is 10.1 Å². The van der Waals surface area contributed by atoms with Crippen LogP contribution >= 0.6 is 0 Å². The van der Waals surface area contributed by atoms with Crippen LogP contribution in [0.5, 0.6) is 5.75 Å². The van der Waals surface area contributed by atoms with Gasteiger partial charge in [-0.2, -0.15) is 8.42 Å². The van der Waals surface area contributed by atoms with E-state index in [1.54, 1.807) is 48.5 Å². The molecule has 0 spiro atoms. The molecule has 0 saturated carbocycles. The molecule has 4 rings (SSSR count). The van der Waals surface area contributed by atoms with Crippen molar-refractivity contribution in [2.45, 2.75) is 18.4 Å². The maximum Gasteiger partial charge on any atom is 0.286 e. The van der Waals surface area contributed by atoms with Gasteiger partial charge in [0.2, 0.25) is 0 Å². The summed E-state index contributed by atoms with van der Waals surface area (Å²) in [4.78, 5) is 0.187. The van der Waals surface area contributed by atoms with Crippen molar-refractivity contribution in [1.82, 2.24) is 0 Å². The fourth-order valence-corrected chi connectivity index (χ4v) is 3.94. The summed E-state index contributed by atoms with van der Waals surface area (Å²) in [6, 6.07) is 22.1. The lowest BCUT2D eigenvalue weighted by molar-refractivity contribution is 0.306. The Kier molecular flexibility index (Phi) is 4.41. The fourth-order valence-electron chi connectivity index (χ4n) is 2.80. The van der Waals surface area contributed by atoms with Gasteiger partial charge in [-0.25, -0.2) is 0 Å². The van der Waals surface area contributed by atoms with E-state index in [1.165, 1.54) is 5.56 Å². The molecule has 0 fully saturated rings. The largest absolute Gasteiger partial charge is 0.489 e. The highest BCUT2D eigenvalue weighted by Gasteiger charge is 2.24.